The Hall–Kier alpha value is -3.07. The molecule has 0 radical (unpaired) electrons. The fourth-order valence-electron chi connectivity index (χ4n) is 3.68. The van der Waals surface area contributed by atoms with Gasteiger partial charge in [-0.25, -0.2) is 9.24 Å². The fourth-order valence-corrected chi connectivity index (χ4v) is 3.68. The molecule has 0 unspecified atom stereocenters. The van der Waals surface area contributed by atoms with Crippen LogP contribution in [0.5, 0.6) is 0 Å². The van der Waals surface area contributed by atoms with Crippen molar-refractivity contribution in [3.05, 3.63) is 106 Å². The minimum absolute atomic E-state index is 0. The van der Waals surface area contributed by atoms with E-state index < -0.39 is 0 Å². The lowest BCUT2D eigenvalue weighted by atomic mass is 9.99. The maximum atomic E-state index is 13.5. The third-order valence-electron chi connectivity index (χ3n) is 5.21. The molecule has 30 heavy (non-hydrogen) atoms. The van der Waals surface area contributed by atoms with Crippen molar-refractivity contribution in [2.75, 3.05) is 6.54 Å². The summed E-state index contributed by atoms with van der Waals surface area (Å²) in [5.41, 5.74) is 5.22. The molecule has 4 nitrogen and oxygen atoms in total. The molecule has 152 valence electrons. The monoisotopic (exact) mass is 421 g/mol. The van der Waals surface area contributed by atoms with Gasteiger partial charge in [-0.15, -0.1) is 12.4 Å². The molecule has 0 N–H and O–H groups in total. The Morgan fingerprint density at radius 3 is 2.63 bits per heavy atom. The van der Waals surface area contributed by atoms with Crippen molar-refractivity contribution in [2.24, 2.45) is 0 Å². The first-order valence-corrected chi connectivity index (χ1v) is 9.54. The molecule has 2 aromatic carbocycles. The van der Waals surface area contributed by atoms with Crippen molar-refractivity contribution in [3.63, 3.8) is 0 Å². The summed E-state index contributed by atoms with van der Waals surface area (Å²) < 4.78 is 13.5. The van der Waals surface area contributed by atoms with Crippen LogP contribution in [0.25, 0.3) is 4.85 Å². The van der Waals surface area contributed by atoms with Gasteiger partial charge in [0.05, 0.1) is 6.57 Å². The van der Waals surface area contributed by atoms with E-state index in [9.17, 15) is 9.18 Å². The number of halogens is 2. The van der Waals surface area contributed by atoms with Crippen LogP contribution in [0, 0.1) is 12.4 Å². The number of hydrogen-bond acceptors (Lipinski definition) is 3. The van der Waals surface area contributed by atoms with Crippen LogP contribution < -0.4 is 0 Å². The van der Waals surface area contributed by atoms with Gasteiger partial charge < -0.3 is 0 Å². The molecule has 0 spiro atoms. The molecule has 4 rings (SSSR count). The number of hydrogen-bond donors (Lipinski definition) is 0. The molecular formula is C24H21ClFN3O. The van der Waals surface area contributed by atoms with Gasteiger partial charge in [-0.05, 0) is 46.9 Å². The predicted octanol–water partition coefficient (Wildman–Crippen LogP) is 5.18. The van der Waals surface area contributed by atoms with E-state index in [1.165, 1.54) is 11.6 Å². The van der Waals surface area contributed by atoms with E-state index in [-0.39, 0.29) is 30.4 Å². The Bertz CT molecular complexity index is 1090. The van der Waals surface area contributed by atoms with E-state index in [4.69, 9.17) is 6.57 Å². The van der Waals surface area contributed by atoms with E-state index in [0.29, 0.717) is 24.3 Å². The minimum Gasteiger partial charge on any atom is -0.294 e. The second kappa shape index (κ2) is 9.62. The van der Waals surface area contributed by atoms with Crippen molar-refractivity contribution in [1.29, 1.82) is 0 Å². The number of carbonyl (C=O) groups is 1. The van der Waals surface area contributed by atoms with Crippen LogP contribution in [0.15, 0.2) is 60.9 Å². The van der Waals surface area contributed by atoms with Gasteiger partial charge in [0, 0.05) is 44.0 Å². The number of fused-ring (bicyclic) bond motifs is 1. The Balaban J connectivity index is 0.00000256. The van der Waals surface area contributed by atoms with Crippen molar-refractivity contribution < 1.29 is 9.18 Å². The molecule has 0 amide bonds. The van der Waals surface area contributed by atoms with Crippen LogP contribution in [0.3, 0.4) is 0 Å². The largest absolute Gasteiger partial charge is 0.294 e. The van der Waals surface area contributed by atoms with Crippen molar-refractivity contribution in [2.45, 2.75) is 25.9 Å². The summed E-state index contributed by atoms with van der Waals surface area (Å²) in [6.45, 7) is 9.25. The standard InChI is InChI=1S/C24H20FN3O.ClH/c1-26-23-6-2-17(3-7-23)11-24(29)20-10-18(13-27-14-20)15-28-9-8-19-4-5-22(25)12-21(19)16-28;/h2-7,10,12-14H,8-9,11,15-16H2;1H. The van der Waals surface area contributed by atoms with Crippen molar-refractivity contribution in [1.82, 2.24) is 9.88 Å². The second-order valence-electron chi connectivity index (χ2n) is 7.33. The zero-order chi connectivity index (χ0) is 20.2. The number of Topliss-reactive ketones (excluding diaryl/α,β-unsaturated/α-hetero) is 1. The summed E-state index contributed by atoms with van der Waals surface area (Å²) >= 11 is 0. The topological polar surface area (TPSA) is 37.6 Å². The smallest absolute Gasteiger partial charge is 0.187 e. The number of pyridine rings is 1. The SMILES string of the molecule is Cl.[C-]#[N+]c1ccc(CC(=O)c2cncc(CN3CCc4ccc(F)cc4C3)c2)cc1. The van der Waals surface area contributed by atoms with Crippen LogP contribution in [-0.2, 0) is 25.9 Å². The van der Waals surface area contributed by atoms with Crippen LogP contribution in [0.2, 0.25) is 0 Å². The molecular weight excluding hydrogens is 401 g/mol. The number of nitrogens with zero attached hydrogens (tertiary/aromatic N) is 3. The highest BCUT2D eigenvalue weighted by atomic mass is 35.5. The Kier molecular flexibility index (Phi) is 6.94. The van der Waals surface area contributed by atoms with E-state index in [2.05, 4.69) is 14.7 Å². The molecule has 3 aromatic rings. The predicted molar refractivity (Wildman–Crippen MR) is 116 cm³/mol. The Morgan fingerprint density at radius 2 is 1.87 bits per heavy atom. The summed E-state index contributed by atoms with van der Waals surface area (Å²) in [5.74, 6) is -0.203. The summed E-state index contributed by atoms with van der Waals surface area (Å²) in [6, 6.07) is 14.0. The van der Waals surface area contributed by atoms with Crippen LogP contribution in [0.4, 0.5) is 10.1 Å². The molecule has 1 aliphatic heterocycles. The summed E-state index contributed by atoms with van der Waals surface area (Å²) in [6.07, 6.45) is 4.55. The maximum absolute atomic E-state index is 13.5. The molecule has 0 atom stereocenters. The lowest BCUT2D eigenvalue weighted by molar-refractivity contribution is 0.0992. The molecule has 0 fully saturated rings. The molecule has 0 saturated carbocycles. The van der Waals surface area contributed by atoms with Gasteiger partial charge in [-0.3, -0.25) is 14.7 Å². The summed E-state index contributed by atoms with van der Waals surface area (Å²) in [5, 5.41) is 0. The minimum atomic E-state index is -0.204. The van der Waals surface area contributed by atoms with Gasteiger partial charge in [0.25, 0.3) is 0 Å². The summed E-state index contributed by atoms with van der Waals surface area (Å²) in [7, 11) is 0. The van der Waals surface area contributed by atoms with Crippen molar-refractivity contribution >= 4 is 23.9 Å². The van der Waals surface area contributed by atoms with Gasteiger partial charge in [0.15, 0.2) is 11.5 Å². The third kappa shape index (κ3) is 5.10. The first-order chi connectivity index (χ1) is 14.1. The van der Waals surface area contributed by atoms with E-state index in [1.54, 1.807) is 30.6 Å². The molecule has 6 heteroatoms. The molecule has 0 bridgehead atoms. The fraction of sp³-hybridized carbons (Fsp3) is 0.208. The lowest BCUT2D eigenvalue weighted by Gasteiger charge is -2.28. The van der Waals surface area contributed by atoms with Gasteiger partial charge in [-0.1, -0.05) is 30.3 Å². The highest BCUT2D eigenvalue weighted by Crippen LogP contribution is 2.22. The second-order valence-corrected chi connectivity index (χ2v) is 7.33. The van der Waals surface area contributed by atoms with Crippen LogP contribution >= 0.6 is 12.4 Å². The van der Waals surface area contributed by atoms with Crippen LogP contribution in [0.1, 0.15) is 32.6 Å². The number of carbonyl (C=O) groups excluding carboxylic acids is 1. The van der Waals surface area contributed by atoms with Crippen LogP contribution in [-0.4, -0.2) is 22.2 Å². The normalized spacial score (nSPS) is 13.1. The average Bonchev–Trinajstić information content (AvgIpc) is 2.74. The summed E-state index contributed by atoms with van der Waals surface area (Å²) in [4.78, 5) is 22.5. The van der Waals surface area contributed by atoms with Gasteiger partial charge in [0.2, 0.25) is 0 Å². The Morgan fingerprint density at radius 1 is 1.07 bits per heavy atom. The highest BCUT2D eigenvalue weighted by molar-refractivity contribution is 5.97. The van der Waals surface area contributed by atoms with E-state index in [1.807, 2.05) is 24.3 Å². The van der Waals surface area contributed by atoms with Gasteiger partial charge >= 0.3 is 0 Å². The molecule has 0 saturated heterocycles. The average molecular weight is 422 g/mol. The zero-order valence-corrected chi connectivity index (χ0v) is 17.2. The molecule has 2 heterocycles. The Labute approximate surface area is 181 Å². The number of aromatic nitrogens is 1. The van der Waals surface area contributed by atoms with E-state index in [0.717, 1.165) is 29.7 Å². The zero-order valence-electron chi connectivity index (χ0n) is 16.3. The molecule has 1 aliphatic rings. The van der Waals surface area contributed by atoms with Gasteiger partial charge in [-0.2, -0.15) is 0 Å². The maximum Gasteiger partial charge on any atom is 0.187 e. The van der Waals surface area contributed by atoms with Crippen molar-refractivity contribution in [3.8, 4) is 0 Å². The first-order valence-electron chi connectivity index (χ1n) is 9.54. The lowest BCUT2D eigenvalue weighted by Crippen LogP contribution is -2.30. The molecule has 1 aromatic heterocycles. The quantitative estimate of drug-likeness (QED) is 0.421. The molecule has 0 aliphatic carbocycles. The van der Waals surface area contributed by atoms with E-state index >= 15 is 0 Å². The van der Waals surface area contributed by atoms with Gasteiger partial charge in [0.1, 0.15) is 5.82 Å². The first kappa shape index (κ1) is 21.6. The number of ketones is 1. The third-order valence-corrected chi connectivity index (χ3v) is 5.21. The number of benzene rings is 2. The highest BCUT2D eigenvalue weighted by Gasteiger charge is 2.17. The number of rotatable bonds is 5.